The number of nitrogens with zero attached hydrogens (tertiary/aromatic N) is 2. The summed E-state index contributed by atoms with van der Waals surface area (Å²) in [5, 5.41) is 1.39. The van der Waals surface area contributed by atoms with Crippen molar-refractivity contribution in [1.29, 1.82) is 0 Å². The van der Waals surface area contributed by atoms with Crippen molar-refractivity contribution in [2.75, 3.05) is 0 Å². The maximum Gasteiger partial charge on any atom is 0.138 e. The van der Waals surface area contributed by atoms with Gasteiger partial charge in [0, 0.05) is 17.1 Å². The van der Waals surface area contributed by atoms with Crippen molar-refractivity contribution >= 4 is 45.1 Å². The maximum atomic E-state index is 6.07. The fourth-order valence-corrected chi connectivity index (χ4v) is 2.57. The van der Waals surface area contributed by atoms with Crippen molar-refractivity contribution in [3.05, 3.63) is 57.4 Å². The molecule has 0 aliphatic heterocycles. The number of aromatic nitrogens is 2. The van der Waals surface area contributed by atoms with Gasteiger partial charge >= 0.3 is 0 Å². The van der Waals surface area contributed by atoms with Gasteiger partial charge in [0.25, 0.3) is 0 Å². The Labute approximate surface area is 123 Å². The molecule has 4 heteroatoms. The molecule has 0 aliphatic carbocycles. The van der Waals surface area contributed by atoms with Gasteiger partial charge in [-0.1, -0.05) is 41.9 Å². The molecule has 0 atom stereocenters. The molecule has 0 saturated heterocycles. The average Bonchev–Trinajstić information content (AvgIpc) is 2.44. The van der Waals surface area contributed by atoms with E-state index in [1.165, 1.54) is 0 Å². The lowest BCUT2D eigenvalue weighted by molar-refractivity contribution is 1.30. The highest BCUT2D eigenvalue weighted by molar-refractivity contribution is 14.1. The van der Waals surface area contributed by atoms with Crippen LogP contribution in [-0.2, 0) is 0 Å². The minimum Gasteiger partial charge on any atom is -0.247 e. The Morgan fingerprint density at radius 2 is 1.78 bits per heavy atom. The van der Waals surface area contributed by atoms with Gasteiger partial charge in [0.1, 0.15) is 5.15 Å². The van der Waals surface area contributed by atoms with E-state index in [0.29, 0.717) is 5.15 Å². The number of fused-ring (bicyclic) bond motifs is 1. The second-order valence-corrected chi connectivity index (χ2v) is 5.38. The second kappa shape index (κ2) is 4.82. The molecule has 0 N–H and O–H groups in total. The quantitative estimate of drug-likeness (QED) is 0.466. The van der Waals surface area contributed by atoms with Crippen molar-refractivity contribution in [2.24, 2.45) is 0 Å². The SMILES string of the molecule is Clc1ncc(I)c2nc(-c3ccccc3)ccc12. The van der Waals surface area contributed by atoms with Gasteiger partial charge in [0.15, 0.2) is 0 Å². The minimum atomic E-state index is 0.498. The molecule has 3 rings (SSSR count). The van der Waals surface area contributed by atoms with E-state index in [1.807, 2.05) is 42.5 Å². The van der Waals surface area contributed by atoms with E-state index in [4.69, 9.17) is 11.6 Å². The number of halogens is 2. The molecule has 3 aromatic rings. The van der Waals surface area contributed by atoms with E-state index >= 15 is 0 Å². The summed E-state index contributed by atoms with van der Waals surface area (Å²) in [6, 6.07) is 14.0. The van der Waals surface area contributed by atoms with Crippen molar-refractivity contribution in [1.82, 2.24) is 9.97 Å². The zero-order valence-electron chi connectivity index (χ0n) is 9.27. The van der Waals surface area contributed by atoms with Gasteiger partial charge < -0.3 is 0 Å². The van der Waals surface area contributed by atoms with Gasteiger partial charge in [-0.05, 0) is 34.7 Å². The Hall–Kier alpha value is -1.20. The van der Waals surface area contributed by atoms with Crippen molar-refractivity contribution in [3.63, 3.8) is 0 Å². The molecule has 0 radical (unpaired) electrons. The lowest BCUT2D eigenvalue weighted by atomic mass is 10.1. The smallest absolute Gasteiger partial charge is 0.138 e. The number of pyridine rings is 2. The van der Waals surface area contributed by atoms with Crippen molar-refractivity contribution in [2.45, 2.75) is 0 Å². The van der Waals surface area contributed by atoms with E-state index < -0.39 is 0 Å². The van der Waals surface area contributed by atoms with Crippen LogP contribution in [0, 0.1) is 3.57 Å². The molecule has 18 heavy (non-hydrogen) atoms. The molecule has 0 spiro atoms. The van der Waals surface area contributed by atoms with Crippen LogP contribution in [-0.4, -0.2) is 9.97 Å². The van der Waals surface area contributed by atoms with Gasteiger partial charge in [-0.25, -0.2) is 9.97 Å². The predicted octanol–water partition coefficient (Wildman–Crippen LogP) is 4.55. The highest BCUT2D eigenvalue weighted by atomic mass is 127. The van der Waals surface area contributed by atoms with E-state index in [9.17, 15) is 0 Å². The van der Waals surface area contributed by atoms with Gasteiger partial charge in [-0.15, -0.1) is 0 Å². The van der Waals surface area contributed by atoms with E-state index in [1.54, 1.807) is 6.20 Å². The minimum absolute atomic E-state index is 0.498. The molecular weight excluding hydrogens is 359 g/mol. The van der Waals surface area contributed by atoms with Crippen LogP contribution in [0.2, 0.25) is 5.15 Å². The molecule has 0 amide bonds. The van der Waals surface area contributed by atoms with Gasteiger partial charge in [-0.3, -0.25) is 0 Å². The van der Waals surface area contributed by atoms with E-state index in [2.05, 4.69) is 32.6 Å². The third kappa shape index (κ3) is 2.08. The first-order chi connectivity index (χ1) is 8.75. The Morgan fingerprint density at radius 3 is 2.56 bits per heavy atom. The molecule has 2 heterocycles. The number of rotatable bonds is 1. The number of benzene rings is 1. The van der Waals surface area contributed by atoms with Crippen molar-refractivity contribution < 1.29 is 0 Å². The molecular formula is C14H8ClIN2. The molecule has 0 bridgehead atoms. The molecule has 2 aromatic heterocycles. The molecule has 0 saturated carbocycles. The Bertz CT molecular complexity index is 714. The lowest BCUT2D eigenvalue weighted by Crippen LogP contribution is -1.90. The largest absolute Gasteiger partial charge is 0.247 e. The summed E-state index contributed by atoms with van der Waals surface area (Å²) in [6.45, 7) is 0. The Balaban J connectivity index is 2.26. The molecule has 0 unspecified atom stereocenters. The summed E-state index contributed by atoms with van der Waals surface area (Å²) in [5.74, 6) is 0. The fraction of sp³-hybridized carbons (Fsp3) is 0. The van der Waals surface area contributed by atoms with Gasteiger partial charge in [-0.2, -0.15) is 0 Å². The highest BCUT2D eigenvalue weighted by Gasteiger charge is 2.07. The topological polar surface area (TPSA) is 25.8 Å². The van der Waals surface area contributed by atoms with Gasteiger partial charge in [0.05, 0.1) is 14.8 Å². The van der Waals surface area contributed by atoms with Crippen LogP contribution in [0.5, 0.6) is 0 Å². The second-order valence-electron chi connectivity index (χ2n) is 3.86. The van der Waals surface area contributed by atoms with Crippen LogP contribution in [0.15, 0.2) is 48.7 Å². The molecule has 0 aliphatic rings. The molecule has 88 valence electrons. The first-order valence-corrected chi connectivity index (χ1v) is 6.87. The van der Waals surface area contributed by atoms with Crippen molar-refractivity contribution in [3.8, 4) is 11.3 Å². The van der Waals surface area contributed by atoms with E-state index in [-0.39, 0.29) is 0 Å². The van der Waals surface area contributed by atoms with Crippen LogP contribution < -0.4 is 0 Å². The summed E-state index contributed by atoms with van der Waals surface area (Å²) in [7, 11) is 0. The van der Waals surface area contributed by atoms with Gasteiger partial charge in [0.2, 0.25) is 0 Å². The monoisotopic (exact) mass is 366 g/mol. The third-order valence-electron chi connectivity index (χ3n) is 2.70. The molecule has 2 nitrogen and oxygen atoms in total. The summed E-state index contributed by atoms with van der Waals surface area (Å²) in [6.07, 6.45) is 1.74. The first kappa shape index (κ1) is 11.9. The zero-order valence-corrected chi connectivity index (χ0v) is 12.2. The summed E-state index contributed by atoms with van der Waals surface area (Å²) < 4.78 is 1.00. The van der Waals surface area contributed by atoms with Crippen LogP contribution >= 0.6 is 34.2 Å². The third-order valence-corrected chi connectivity index (χ3v) is 3.80. The van der Waals surface area contributed by atoms with Crippen LogP contribution in [0.3, 0.4) is 0 Å². The molecule has 0 fully saturated rings. The Morgan fingerprint density at radius 1 is 1.00 bits per heavy atom. The van der Waals surface area contributed by atoms with Crippen LogP contribution in [0.25, 0.3) is 22.2 Å². The fourth-order valence-electron chi connectivity index (χ4n) is 1.82. The number of hydrogen-bond acceptors (Lipinski definition) is 2. The average molecular weight is 367 g/mol. The summed E-state index contributed by atoms with van der Waals surface area (Å²) >= 11 is 8.30. The van der Waals surface area contributed by atoms with Crippen LogP contribution in [0.4, 0.5) is 0 Å². The Kier molecular flexibility index (Phi) is 3.18. The first-order valence-electron chi connectivity index (χ1n) is 5.42. The van der Waals surface area contributed by atoms with E-state index in [0.717, 1.165) is 25.7 Å². The normalized spacial score (nSPS) is 10.8. The number of hydrogen-bond donors (Lipinski definition) is 0. The summed E-state index contributed by atoms with van der Waals surface area (Å²) in [5.41, 5.74) is 2.95. The standard InChI is InChI=1S/C14H8ClIN2/c15-14-10-6-7-12(9-4-2-1-3-5-9)18-13(10)11(16)8-17-14/h1-8H. The lowest BCUT2D eigenvalue weighted by Gasteiger charge is -2.05. The predicted molar refractivity (Wildman–Crippen MR) is 82.7 cm³/mol. The van der Waals surface area contributed by atoms with Crippen LogP contribution in [0.1, 0.15) is 0 Å². The zero-order chi connectivity index (χ0) is 12.5. The maximum absolute atomic E-state index is 6.07. The molecule has 1 aromatic carbocycles. The highest BCUT2D eigenvalue weighted by Crippen LogP contribution is 2.27. The summed E-state index contributed by atoms with van der Waals surface area (Å²) in [4.78, 5) is 8.80.